The van der Waals surface area contributed by atoms with Crippen molar-refractivity contribution >= 4 is 23.9 Å². The van der Waals surface area contributed by atoms with Gasteiger partial charge in [0.2, 0.25) is 0 Å². The number of esters is 1. The van der Waals surface area contributed by atoms with E-state index in [2.05, 4.69) is 0 Å². The van der Waals surface area contributed by atoms with Gasteiger partial charge in [-0.15, -0.1) is 0 Å². The van der Waals surface area contributed by atoms with Gasteiger partial charge in [0, 0.05) is 17.7 Å². The summed E-state index contributed by atoms with van der Waals surface area (Å²) in [6, 6.07) is 12.2. The number of unbranched alkanes of at least 4 members (excludes halogenated alkanes) is 1. The van der Waals surface area contributed by atoms with Gasteiger partial charge >= 0.3 is 5.97 Å². The second-order valence-corrected chi connectivity index (χ2v) is 7.29. The number of carbonyl (C=O) groups is 3. The topological polar surface area (TPSA) is 101 Å². The number of carbonyl (C=O) groups excluding carboxylic acids is 3. The summed E-state index contributed by atoms with van der Waals surface area (Å²) in [6.07, 6.45) is 3.03. The first-order chi connectivity index (χ1) is 15.4. The lowest BCUT2D eigenvalue weighted by Crippen LogP contribution is -2.43. The summed E-state index contributed by atoms with van der Waals surface area (Å²) in [5.74, 6) is -0.410. The van der Waals surface area contributed by atoms with Gasteiger partial charge in [0.25, 0.3) is 11.8 Å². The summed E-state index contributed by atoms with van der Waals surface area (Å²) >= 11 is 0. The van der Waals surface area contributed by atoms with Gasteiger partial charge in [-0.05, 0) is 56.2 Å². The van der Waals surface area contributed by atoms with Crippen molar-refractivity contribution in [3.63, 3.8) is 0 Å². The molecule has 32 heavy (non-hydrogen) atoms. The highest BCUT2D eigenvalue weighted by Gasteiger charge is 2.35. The smallest absolute Gasteiger partial charge is 0.338 e. The van der Waals surface area contributed by atoms with E-state index in [1.807, 2.05) is 13.0 Å². The molecule has 164 valence electrons. The summed E-state index contributed by atoms with van der Waals surface area (Å²) in [7, 11) is 0. The number of imide groups is 1. The maximum Gasteiger partial charge on any atom is 0.338 e. The zero-order chi connectivity index (χ0) is 23.3. The monoisotopic (exact) mass is 432 g/mol. The van der Waals surface area contributed by atoms with Crippen LogP contribution in [0.3, 0.4) is 0 Å². The van der Waals surface area contributed by atoms with Crippen LogP contribution in [0.25, 0.3) is 17.4 Å². The van der Waals surface area contributed by atoms with Gasteiger partial charge in [-0.1, -0.05) is 25.5 Å². The van der Waals surface area contributed by atoms with Crippen LogP contribution >= 0.6 is 0 Å². The molecule has 0 aliphatic carbocycles. The highest BCUT2D eigenvalue weighted by Crippen LogP contribution is 2.29. The fourth-order valence-electron chi connectivity index (χ4n) is 3.36. The van der Waals surface area contributed by atoms with Gasteiger partial charge in [0.1, 0.15) is 23.2 Å². The summed E-state index contributed by atoms with van der Waals surface area (Å²) in [6.45, 7) is 5.87. The molecule has 1 aliphatic heterocycles. The molecule has 1 aromatic carbocycles. The van der Waals surface area contributed by atoms with Gasteiger partial charge in [-0.3, -0.25) is 14.5 Å². The molecule has 0 saturated heterocycles. The van der Waals surface area contributed by atoms with Crippen molar-refractivity contribution in [2.45, 2.75) is 33.6 Å². The van der Waals surface area contributed by atoms with E-state index in [-0.39, 0.29) is 17.7 Å². The lowest BCUT2D eigenvalue weighted by molar-refractivity contribution is -0.140. The Kier molecular flexibility index (Phi) is 7.06. The lowest BCUT2D eigenvalue weighted by Gasteiger charge is -2.27. The SMILES string of the molecule is CCCCN1C(=O)C(C#N)=C(C)/C(=C\c2ccc(-c3ccc(C(=O)OCC)cc3)o2)C1=O. The molecule has 0 radical (unpaired) electrons. The highest BCUT2D eigenvalue weighted by atomic mass is 16.5. The Morgan fingerprint density at radius 1 is 1.12 bits per heavy atom. The minimum Gasteiger partial charge on any atom is -0.462 e. The number of hydrogen-bond acceptors (Lipinski definition) is 6. The summed E-state index contributed by atoms with van der Waals surface area (Å²) in [5, 5.41) is 9.44. The average molecular weight is 432 g/mol. The van der Waals surface area contributed by atoms with E-state index in [0.717, 1.165) is 16.9 Å². The molecule has 2 amide bonds. The van der Waals surface area contributed by atoms with Gasteiger partial charge in [-0.25, -0.2) is 4.79 Å². The molecular formula is C25H24N2O5. The first-order valence-corrected chi connectivity index (χ1v) is 10.5. The Labute approximate surface area is 186 Å². The molecule has 0 saturated carbocycles. The fourth-order valence-corrected chi connectivity index (χ4v) is 3.36. The zero-order valence-corrected chi connectivity index (χ0v) is 18.3. The third kappa shape index (κ3) is 4.54. The predicted molar refractivity (Wildman–Crippen MR) is 118 cm³/mol. The van der Waals surface area contributed by atoms with Crippen molar-refractivity contribution in [3.05, 3.63) is 64.4 Å². The molecule has 1 aromatic heterocycles. The van der Waals surface area contributed by atoms with E-state index in [1.165, 1.54) is 0 Å². The van der Waals surface area contributed by atoms with E-state index in [4.69, 9.17) is 9.15 Å². The summed E-state index contributed by atoms with van der Waals surface area (Å²) < 4.78 is 10.9. The van der Waals surface area contributed by atoms with Gasteiger partial charge in [0.05, 0.1) is 12.2 Å². The number of amides is 2. The van der Waals surface area contributed by atoms with Gasteiger partial charge < -0.3 is 9.15 Å². The third-order valence-electron chi connectivity index (χ3n) is 5.15. The van der Waals surface area contributed by atoms with Crippen LogP contribution in [-0.2, 0) is 14.3 Å². The van der Waals surface area contributed by atoms with Crippen LogP contribution in [0.4, 0.5) is 0 Å². The summed E-state index contributed by atoms with van der Waals surface area (Å²) in [4.78, 5) is 38.4. The van der Waals surface area contributed by atoms with Gasteiger partial charge in [0.15, 0.2) is 0 Å². The van der Waals surface area contributed by atoms with Crippen LogP contribution in [0.1, 0.15) is 49.7 Å². The van der Waals surface area contributed by atoms with Crippen molar-refractivity contribution in [3.8, 4) is 17.4 Å². The van der Waals surface area contributed by atoms with Crippen LogP contribution in [0.2, 0.25) is 0 Å². The number of benzene rings is 1. The van der Waals surface area contributed by atoms with Crippen LogP contribution in [-0.4, -0.2) is 35.8 Å². The first kappa shape index (κ1) is 22.8. The molecule has 1 aliphatic rings. The number of hydrogen-bond donors (Lipinski definition) is 0. The van der Waals surface area contributed by atoms with Crippen LogP contribution < -0.4 is 0 Å². The molecule has 0 spiro atoms. The van der Waals surface area contributed by atoms with Crippen molar-refractivity contribution in [1.82, 2.24) is 4.90 Å². The number of ether oxygens (including phenoxy) is 1. The Morgan fingerprint density at radius 3 is 2.47 bits per heavy atom. The predicted octanol–water partition coefficient (Wildman–Crippen LogP) is 4.52. The third-order valence-corrected chi connectivity index (χ3v) is 5.15. The first-order valence-electron chi connectivity index (χ1n) is 10.5. The van der Waals surface area contributed by atoms with E-state index < -0.39 is 17.8 Å². The molecule has 0 bridgehead atoms. The molecule has 7 heteroatoms. The molecule has 0 unspecified atom stereocenters. The second kappa shape index (κ2) is 9.92. The molecular weight excluding hydrogens is 408 g/mol. The normalized spacial score (nSPS) is 15.3. The summed E-state index contributed by atoms with van der Waals surface area (Å²) in [5.41, 5.74) is 1.76. The Hall–Kier alpha value is -3.92. The lowest BCUT2D eigenvalue weighted by atomic mass is 9.94. The van der Waals surface area contributed by atoms with Crippen molar-refractivity contribution in [2.24, 2.45) is 0 Å². The largest absolute Gasteiger partial charge is 0.462 e. The molecule has 7 nitrogen and oxygen atoms in total. The van der Waals surface area contributed by atoms with Crippen LogP contribution in [0.5, 0.6) is 0 Å². The number of nitriles is 1. The Morgan fingerprint density at radius 2 is 1.84 bits per heavy atom. The van der Waals surface area contributed by atoms with Crippen LogP contribution in [0, 0.1) is 11.3 Å². The molecule has 2 aromatic rings. The molecule has 0 atom stereocenters. The van der Waals surface area contributed by atoms with Crippen molar-refractivity contribution < 1.29 is 23.5 Å². The van der Waals surface area contributed by atoms with E-state index in [9.17, 15) is 19.6 Å². The van der Waals surface area contributed by atoms with E-state index >= 15 is 0 Å². The maximum absolute atomic E-state index is 13.0. The molecule has 3 rings (SSSR count). The quantitative estimate of drug-likeness (QED) is 0.362. The Bertz CT molecular complexity index is 1150. The molecule has 0 fully saturated rings. The maximum atomic E-state index is 13.0. The van der Waals surface area contributed by atoms with Crippen LogP contribution in [0.15, 0.2) is 57.5 Å². The second-order valence-electron chi connectivity index (χ2n) is 7.29. The number of nitrogens with zero attached hydrogens (tertiary/aromatic N) is 2. The number of rotatable bonds is 7. The Balaban J connectivity index is 1.91. The van der Waals surface area contributed by atoms with Gasteiger partial charge in [-0.2, -0.15) is 5.26 Å². The standard InChI is InChI=1S/C25H24N2O5/c1-4-6-13-27-23(28)20(16(3)21(15-26)24(27)29)14-19-11-12-22(32-19)17-7-9-18(10-8-17)25(30)31-5-2/h7-12,14H,4-6,13H2,1-3H3/b20-14+. The van der Waals surface area contributed by atoms with E-state index in [0.29, 0.717) is 35.7 Å². The fraction of sp³-hybridized carbons (Fsp3) is 0.280. The van der Waals surface area contributed by atoms with Crippen molar-refractivity contribution in [2.75, 3.05) is 13.2 Å². The minimum absolute atomic E-state index is 0.0340. The number of furan rings is 1. The molecule has 2 heterocycles. The van der Waals surface area contributed by atoms with Crippen molar-refractivity contribution in [1.29, 1.82) is 5.26 Å². The highest BCUT2D eigenvalue weighted by molar-refractivity contribution is 6.19. The zero-order valence-electron chi connectivity index (χ0n) is 18.3. The minimum atomic E-state index is -0.553. The average Bonchev–Trinajstić information content (AvgIpc) is 3.26. The van der Waals surface area contributed by atoms with E-state index in [1.54, 1.807) is 56.3 Å². The molecule has 0 N–H and O–H groups in total.